The van der Waals surface area contributed by atoms with Gasteiger partial charge in [0.05, 0.1) is 25.0 Å². The average Bonchev–Trinajstić information content (AvgIpc) is 3.21. The molecule has 3 amide bonds. The van der Waals surface area contributed by atoms with E-state index in [0.29, 0.717) is 26.3 Å². The molecule has 6 heteroatoms. The fourth-order valence-corrected chi connectivity index (χ4v) is 4.36. The van der Waals surface area contributed by atoms with Crippen LogP contribution in [0.2, 0.25) is 0 Å². The normalized spacial score (nSPS) is 36.4. The zero-order valence-electron chi connectivity index (χ0n) is 12.4. The molecular weight excluding hydrogens is 284 g/mol. The van der Waals surface area contributed by atoms with Gasteiger partial charge in [-0.1, -0.05) is 12.2 Å². The molecule has 0 aromatic carbocycles. The third kappa shape index (κ3) is 2.00. The lowest BCUT2D eigenvalue weighted by molar-refractivity contribution is -0.142. The van der Waals surface area contributed by atoms with E-state index in [2.05, 4.69) is 12.2 Å². The first-order valence-electron chi connectivity index (χ1n) is 8.06. The number of allylic oxidation sites excluding steroid dienone is 2. The van der Waals surface area contributed by atoms with Gasteiger partial charge in [0.25, 0.3) is 0 Å². The number of rotatable bonds is 3. The second-order valence-electron chi connectivity index (χ2n) is 6.57. The minimum absolute atomic E-state index is 0.00190. The van der Waals surface area contributed by atoms with E-state index >= 15 is 0 Å². The molecule has 22 heavy (non-hydrogen) atoms. The predicted octanol–water partition coefficient (Wildman–Crippen LogP) is 0.0424. The number of fused-ring (bicyclic) bond motifs is 5. The summed E-state index contributed by atoms with van der Waals surface area (Å²) in [6.07, 6.45) is 5.33. The molecule has 0 unspecified atom stereocenters. The Labute approximate surface area is 129 Å². The maximum atomic E-state index is 12.5. The number of ether oxygens (including phenoxy) is 1. The molecule has 1 saturated carbocycles. The number of carbonyl (C=O) groups excluding carboxylic acids is 3. The SMILES string of the molecule is O=C(CCN1C(=O)[C@@H]2[C@H](C1=O)[C@@H]1C=C[C@@H]2C1)N1CCOCC1. The van der Waals surface area contributed by atoms with Crippen LogP contribution in [-0.4, -0.2) is 60.4 Å². The fraction of sp³-hybridized carbons (Fsp3) is 0.688. The summed E-state index contributed by atoms with van der Waals surface area (Å²) in [6, 6.07) is 0. The van der Waals surface area contributed by atoms with Crippen LogP contribution in [-0.2, 0) is 19.1 Å². The average molecular weight is 304 g/mol. The third-order valence-corrected chi connectivity index (χ3v) is 5.47. The van der Waals surface area contributed by atoms with E-state index in [1.165, 1.54) is 4.90 Å². The Morgan fingerprint density at radius 2 is 1.68 bits per heavy atom. The van der Waals surface area contributed by atoms with Crippen molar-refractivity contribution in [1.29, 1.82) is 0 Å². The number of hydrogen-bond acceptors (Lipinski definition) is 4. The summed E-state index contributed by atoms with van der Waals surface area (Å²) in [4.78, 5) is 40.3. The minimum atomic E-state index is -0.166. The van der Waals surface area contributed by atoms with E-state index in [1.54, 1.807) is 4.90 Å². The molecule has 0 radical (unpaired) electrons. The van der Waals surface area contributed by atoms with E-state index < -0.39 is 0 Å². The van der Waals surface area contributed by atoms with E-state index in [0.717, 1.165) is 6.42 Å². The Hall–Kier alpha value is -1.69. The molecule has 4 aliphatic rings. The van der Waals surface area contributed by atoms with Crippen molar-refractivity contribution in [3.63, 3.8) is 0 Å². The number of carbonyl (C=O) groups is 3. The molecule has 0 aromatic rings. The largest absolute Gasteiger partial charge is 0.378 e. The number of imide groups is 1. The van der Waals surface area contributed by atoms with Gasteiger partial charge in [-0.15, -0.1) is 0 Å². The van der Waals surface area contributed by atoms with Crippen LogP contribution in [0.5, 0.6) is 0 Å². The van der Waals surface area contributed by atoms with Crippen molar-refractivity contribution in [3.05, 3.63) is 12.2 Å². The first-order chi connectivity index (χ1) is 10.7. The van der Waals surface area contributed by atoms with Crippen molar-refractivity contribution >= 4 is 17.7 Å². The summed E-state index contributed by atoms with van der Waals surface area (Å²) < 4.78 is 5.22. The maximum Gasteiger partial charge on any atom is 0.233 e. The van der Waals surface area contributed by atoms with Gasteiger partial charge in [-0.05, 0) is 18.3 Å². The monoisotopic (exact) mass is 304 g/mol. The fourth-order valence-electron chi connectivity index (χ4n) is 4.36. The zero-order valence-corrected chi connectivity index (χ0v) is 12.4. The molecule has 4 atom stereocenters. The van der Waals surface area contributed by atoms with E-state index in [9.17, 15) is 14.4 Å². The Morgan fingerprint density at radius 1 is 1.09 bits per heavy atom. The van der Waals surface area contributed by atoms with Gasteiger partial charge >= 0.3 is 0 Å². The smallest absolute Gasteiger partial charge is 0.233 e. The molecule has 2 aliphatic carbocycles. The number of amides is 3. The highest BCUT2D eigenvalue weighted by Crippen LogP contribution is 2.52. The Bertz CT molecular complexity index is 522. The van der Waals surface area contributed by atoms with Gasteiger partial charge in [-0.25, -0.2) is 0 Å². The van der Waals surface area contributed by atoms with Crippen molar-refractivity contribution < 1.29 is 19.1 Å². The second kappa shape index (κ2) is 5.19. The third-order valence-electron chi connectivity index (χ3n) is 5.47. The number of likely N-dealkylation sites (tertiary alicyclic amines) is 1. The summed E-state index contributed by atoms with van der Waals surface area (Å²) in [5.74, 6) is -0.00919. The van der Waals surface area contributed by atoms with Crippen molar-refractivity contribution in [2.24, 2.45) is 23.7 Å². The summed E-state index contributed by atoms with van der Waals surface area (Å²) >= 11 is 0. The van der Waals surface area contributed by atoms with Crippen LogP contribution in [0.25, 0.3) is 0 Å². The predicted molar refractivity (Wildman–Crippen MR) is 76.5 cm³/mol. The van der Waals surface area contributed by atoms with Gasteiger partial charge < -0.3 is 9.64 Å². The minimum Gasteiger partial charge on any atom is -0.378 e. The van der Waals surface area contributed by atoms with Gasteiger partial charge in [0.2, 0.25) is 17.7 Å². The lowest BCUT2D eigenvalue weighted by Gasteiger charge is -2.27. The van der Waals surface area contributed by atoms with Crippen LogP contribution >= 0.6 is 0 Å². The summed E-state index contributed by atoms with van der Waals surface area (Å²) in [5, 5.41) is 0. The molecule has 2 saturated heterocycles. The van der Waals surface area contributed by atoms with Crippen LogP contribution in [0.3, 0.4) is 0 Å². The lowest BCUT2D eigenvalue weighted by atomic mass is 9.85. The highest BCUT2D eigenvalue weighted by Gasteiger charge is 2.59. The quantitative estimate of drug-likeness (QED) is 0.545. The van der Waals surface area contributed by atoms with Crippen molar-refractivity contribution in [2.75, 3.05) is 32.8 Å². The van der Waals surface area contributed by atoms with Crippen LogP contribution in [0.1, 0.15) is 12.8 Å². The van der Waals surface area contributed by atoms with Gasteiger partial charge in [0, 0.05) is 26.1 Å². The summed E-state index contributed by atoms with van der Waals surface area (Å²) in [7, 11) is 0. The molecule has 0 aromatic heterocycles. The summed E-state index contributed by atoms with van der Waals surface area (Å²) in [6.45, 7) is 2.54. The molecule has 2 bridgehead atoms. The van der Waals surface area contributed by atoms with Gasteiger partial charge in [-0.2, -0.15) is 0 Å². The van der Waals surface area contributed by atoms with Crippen molar-refractivity contribution in [1.82, 2.24) is 9.80 Å². The van der Waals surface area contributed by atoms with Crippen LogP contribution in [0.15, 0.2) is 12.2 Å². The van der Waals surface area contributed by atoms with Crippen LogP contribution in [0.4, 0.5) is 0 Å². The van der Waals surface area contributed by atoms with Crippen LogP contribution in [0, 0.1) is 23.7 Å². The standard InChI is InChI=1S/C16H20N2O4/c19-12(17-5-7-22-8-6-17)3-4-18-15(20)13-10-1-2-11(9-10)14(13)16(18)21/h1-2,10-11,13-14H,3-9H2/t10-,11-,13-,14+/m1/s1. The first kappa shape index (κ1) is 13.9. The topological polar surface area (TPSA) is 66.9 Å². The summed E-state index contributed by atoms with van der Waals surface area (Å²) in [5.41, 5.74) is 0. The van der Waals surface area contributed by atoms with E-state index in [1.807, 2.05) is 0 Å². The lowest BCUT2D eigenvalue weighted by Crippen LogP contribution is -2.43. The maximum absolute atomic E-state index is 12.5. The Balaban J connectivity index is 1.39. The number of hydrogen-bond donors (Lipinski definition) is 0. The molecule has 2 heterocycles. The highest BCUT2D eigenvalue weighted by molar-refractivity contribution is 6.06. The molecule has 2 aliphatic heterocycles. The van der Waals surface area contributed by atoms with Gasteiger partial charge in [-0.3, -0.25) is 19.3 Å². The molecule has 3 fully saturated rings. The molecule has 0 N–H and O–H groups in total. The molecule has 4 rings (SSSR count). The molecule has 6 nitrogen and oxygen atoms in total. The zero-order chi connectivity index (χ0) is 15.3. The second-order valence-corrected chi connectivity index (χ2v) is 6.57. The van der Waals surface area contributed by atoms with Crippen LogP contribution < -0.4 is 0 Å². The molecule has 118 valence electrons. The van der Waals surface area contributed by atoms with E-state index in [-0.39, 0.29) is 54.4 Å². The highest BCUT2D eigenvalue weighted by atomic mass is 16.5. The van der Waals surface area contributed by atoms with Crippen molar-refractivity contribution in [2.45, 2.75) is 12.8 Å². The number of nitrogens with zero attached hydrogens (tertiary/aromatic N) is 2. The number of morpholine rings is 1. The van der Waals surface area contributed by atoms with E-state index in [4.69, 9.17) is 4.74 Å². The molecule has 0 spiro atoms. The molecular formula is C16H20N2O4. The Morgan fingerprint density at radius 3 is 2.27 bits per heavy atom. The first-order valence-corrected chi connectivity index (χ1v) is 8.06. The Kier molecular flexibility index (Phi) is 3.29. The van der Waals surface area contributed by atoms with Gasteiger partial charge in [0.15, 0.2) is 0 Å². The van der Waals surface area contributed by atoms with Crippen molar-refractivity contribution in [3.8, 4) is 0 Å². The van der Waals surface area contributed by atoms with Gasteiger partial charge in [0.1, 0.15) is 0 Å².